The van der Waals surface area contributed by atoms with Crippen molar-refractivity contribution in [2.24, 2.45) is 0 Å². The van der Waals surface area contributed by atoms with Crippen LogP contribution in [0.5, 0.6) is 5.75 Å². The molecule has 0 bridgehead atoms. The van der Waals surface area contributed by atoms with Gasteiger partial charge in [-0.2, -0.15) is 13.2 Å². The van der Waals surface area contributed by atoms with Crippen LogP contribution in [0.15, 0.2) is 46.9 Å². The van der Waals surface area contributed by atoms with Gasteiger partial charge in [-0.15, -0.1) is 0 Å². The minimum atomic E-state index is -4.38. The number of hydrogen-bond donors (Lipinski definition) is 0. The fourth-order valence-electron chi connectivity index (χ4n) is 2.89. The molecule has 1 saturated heterocycles. The lowest BCUT2D eigenvalue weighted by atomic mass is 10.0. The highest BCUT2D eigenvalue weighted by molar-refractivity contribution is 9.10. The molecular formula is C19H17BrF3NO3. The molecule has 0 spiro atoms. The van der Waals surface area contributed by atoms with Crippen LogP contribution in [-0.4, -0.2) is 37.6 Å². The predicted octanol–water partition coefficient (Wildman–Crippen LogP) is 4.69. The van der Waals surface area contributed by atoms with Gasteiger partial charge in [-0.1, -0.05) is 12.1 Å². The van der Waals surface area contributed by atoms with Gasteiger partial charge >= 0.3 is 6.18 Å². The Morgan fingerprint density at radius 3 is 2.56 bits per heavy atom. The molecule has 0 saturated carbocycles. The monoisotopic (exact) mass is 443 g/mol. The van der Waals surface area contributed by atoms with Gasteiger partial charge in [0.1, 0.15) is 11.9 Å². The summed E-state index contributed by atoms with van der Waals surface area (Å²) in [6, 6.07) is 9.96. The minimum Gasteiger partial charge on any atom is -0.497 e. The Morgan fingerprint density at radius 1 is 1.22 bits per heavy atom. The summed E-state index contributed by atoms with van der Waals surface area (Å²) < 4.78 is 49.6. The van der Waals surface area contributed by atoms with E-state index in [9.17, 15) is 18.0 Å². The molecule has 144 valence electrons. The molecule has 4 nitrogen and oxygen atoms in total. The van der Waals surface area contributed by atoms with Crippen molar-refractivity contribution in [3.63, 3.8) is 0 Å². The maximum Gasteiger partial charge on any atom is 0.416 e. The molecule has 1 atom stereocenters. The van der Waals surface area contributed by atoms with E-state index in [-0.39, 0.29) is 12.5 Å². The van der Waals surface area contributed by atoms with Crippen molar-refractivity contribution in [2.75, 3.05) is 26.8 Å². The quantitative estimate of drug-likeness (QED) is 0.690. The van der Waals surface area contributed by atoms with E-state index in [0.29, 0.717) is 34.5 Å². The number of ether oxygens (including phenoxy) is 2. The van der Waals surface area contributed by atoms with Crippen LogP contribution >= 0.6 is 15.9 Å². The fourth-order valence-corrected chi connectivity index (χ4v) is 3.30. The van der Waals surface area contributed by atoms with Crippen molar-refractivity contribution < 1.29 is 27.4 Å². The number of morpholine rings is 1. The lowest BCUT2D eigenvalue weighted by Crippen LogP contribution is -2.42. The van der Waals surface area contributed by atoms with Gasteiger partial charge in [-0.05, 0) is 51.8 Å². The standard InChI is InChI=1S/C19H17BrF3NO3/c1-26-14-6-7-16(20)15(10-14)18(25)24-8-9-27-17(11-24)12-2-4-13(5-3-12)19(21,22)23/h2-7,10,17H,8-9,11H2,1H3/t17-/m0/s1. The van der Waals surface area contributed by atoms with Crippen LogP contribution in [0.4, 0.5) is 13.2 Å². The SMILES string of the molecule is COc1ccc(Br)c(C(=O)N2CCO[C@H](c3ccc(C(F)(F)F)cc3)C2)c1. The normalized spacial score (nSPS) is 17.7. The number of rotatable bonds is 3. The average Bonchev–Trinajstić information content (AvgIpc) is 2.67. The maximum atomic E-state index is 12.9. The van der Waals surface area contributed by atoms with Crippen LogP contribution in [0.2, 0.25) is 0 Å². The topological polar surface area (TPSA) is 38.8 Å². The van der Waals surface area contributed by atoms with Gasteiger partial charge < -0.3 is 14.4 Å². The highest BCUT2D eigenvalue weighted by atomic mass is 79.9. The first-order valence-electron chi connectivity index (χ1n) is 8.21. The number of amides is 1. The minimum absolute atomic E-state index is 0.194. The van der Waals surface area contributed by atoms with Gasteiger partial charge in [0, 0.05) is 11.0 Å². The van der Waals surface area contributed by atoms with Crippen LogP contribution in [0.3, 0.4) is 0 Å². The van der Waals surface area contributed by atoms with Crippen molar-refractivity contribution in [1.29, 1.82) is 0 Å². The molecule has 2 aromatic rings. The van der Waals surface area contributed by atoms with Crippen LogP contribution in [0.25, 0.3) is 0 Å². The van der Waals surface area contributed by atoms with E-state index in [1.807, 2.05) is 0 Å². The number of carbonyl (C=O) groups excluding carboxylic acids is 1. The van der Waals surface area contributed by atoms with Gasteiger partial charge in [0.25, 0.3) is 5.91 Å². The van der Waals surface area contributed by atoms with E-state index >= 15 is 0 Å². The van der Waals surface area contributed by atoms with Crippen LogP contribution < -0.4 is 4.74 Å². The summed E-state index contributed by atoms with van der Waals surface area (Å²) in [5, 5.41) is 0. The summed E-state index contributed by atoms with van der Waals surface area (Å²) in [6.45, 7) is 0.965. The summed E-state index contributed by atoms with van der Waals surface area (Å²) >= 11 is 3.37. The Labute approximate surface area is 163 Å². The zero-order valence-corrected chi connectivity index (χ0v) is 16.0. The summed E-state index contributed by atoms with van der Waals surface area (Å²) in [5.41, 5.74) is 0.350. The molecule has 2 aromatic carbocycles. The van der Waals surface area contributed by atoms with E-state index in [4.69, 9.17) is 9.47 Å². The van der Waals surface area contributed by atoms with E-state index in [1.165, 1.54) is 19.2 Å². The van der Waals surface area contributed by atoms with Gasteiger partial charge in [0.15, 0.2) is 0 Å². The van der Waals surface area contributed by atoms with Crippen LogP contribution in [0.1, 0.15) is 27.6 Å². The van der Waals surface area contributed by atoms with Crippen LogP contribution in [0, 0.1) is 0 Å². The fraction of sp³-hybridized carbons (Fsp3) is 0.316. The number of alkyl halides is 3. The van der Waals surface area contributed by atoms with Crippen molar-refractivity contribution in [3.05, 3.63) is 63.6 Å². The highest BCUT2D eigenvalue weighted by Gasteiger charge is 2.31. The Balaban J connectivity index is 1.77. The first kappa shape index (κ1) is 19.7. The molecule has 3 rings (SSSR count). The van der Waals surface area contributed by atoms with E-state index in [0.717, 1.165) is 12.1 Å². The molecule has 0 unspecified atom stereocenters. The number of hydrogen-bond acceptors (Lipinski definition) is 3. The number of benzene rings is 2. The molecule has 8 heteroatoms. The van der Waals surface area contributed by atoms with Crippen molar-refractivity contribution in [1.82, 2.24) is 4.90 Å². The molecule has 27 heavy (non-hydrogen) atoms. The lowest BCUT2D eigenvalue weighted by molar-refractivity contribution is -0.137. The van der Waals surface area contributed by atoms with Gasteiger partial charge in [0.05, 0.1) is 31.4 Å². The summed E-state index contributed by atoms with van der Waals surface area (Å²) in [4.78, 5) is 14.5. The summed E-state index contributed by atoms with van der Waals surface area (Å²) in [5.74, 6) is 0.370. The third-order valence-electron chi connectivity index (χ3n) is 4.37. The zero-order valence-electron chi connectivity index (χ0n) is 14.4. The Bertz CT molecular complexity index is 824. The molecule has 1 aliphatic rings. The number of nitrogens with zero attached hydrogens (tertiary/aromatic N) is 1. The Morgan fingerprint density at radius 2 is 1.93 bits per heavy atom. The molecular weight excluding hydrogens is 427 g/mol. The second-order valence-corrected chi connectivity index (χ2v) is 6.93. The predicted molar refractivity (Wildman–Crippen MR) is 96.7 cm³/mol. The van der Waals surface area contributed by atoms with Crippen molar-refractivity contribution in [3.8, 4) is 5.75 Å². The first-order valence-corrected chi connectivity index (χ1v) is 9.00. The molecule has 1 heterocycles. The summed E-state index contributed by atoms with van der Waals surface area (Å²) in [7, 11) is 1.52. The third kappa shape index (κ3) is 4.44. The first-order chi connectivity index (χ1) is 12.8. The van der Waals surface area contributed by atoms with Gasteiger partial charge in [-0.25, -0.2) is 0 Å². The molecule has 1 aliphatic heterocycles. The second-order valence-electron chi connectivity index (χ2n) is 6.08. The molecule has 0 aromatic heterocycles. The second kappa shape index (κ2) is 7.90. The van der Waals surface area contributed by atoms with E-state index < -0.39 is 17.8 Å². The number of carbonyl (C=O) groups is 1. The van der Waals surface area contributed by atoms with Gasteiger partial charge in [-0.3, -0.25) is 4.79 Å². The number of methoxy groups -OCH3 is 1. The summed E-state index contributed by atoms with van der Waals surface area (Å²) in [6.07, 6.45) is -4.86. The molecule has 0 aliphatic carbocycles. The van der Waals surface area contributed by atoms with Crippen LogP contribution in [-0.2, 0) is 10.9 Å². The molecule has 0 N–H and O–H groups in total. The molecule has 1 fully saturated rings. The van der Waals surface area contributed by atoms with E-state index in [2.05, 4.69) is 15.9 Å². The highest BCUT2D eigenvalue weighted by Crippen LogP contribution is 2.32. The van der Waals surface area contributed by atoms with Crippen molar-refractivity contribution >= 4 is 21.8 Å². The average molecular weight is 444 g/mol. The molecule has 1 amide bonds. The largest absolute Gasteiger partial charge is 0.497 e. The van der Waals surface area contributed by atoms with Crippen molar-refractivity contribution in [2.45, 2.75) is 12.3 Å². The lowest BCUT2D eigenvalue weighted by Gasteiger charge is -2.33. The Kier molecular flexibility index (Phi) is 5.76. The third-order valence-corrected chi connectivity index (χ3v) is 5.06. The number of halogens is 4. The van der Waals surface area contributed by atoms with Gasteiger partial charge in [0.2, 0.25) is 0 Å². The smallest absolute Gasteiger partial charge is 0.416 e. The Hall–Kier alpha value is -2.06. The molecule has 0 radical (unpaired) electrons. The van der Waals surface area contributed by atoms with E-state index in [1.54, 1.807) is 23.1 Å². The maximum absolute atomic E-state index is 12.9. The zero-order chi connectivity index (χ0) is 19.6.